The maximum atomic E-state index is 4.35. The van der Waals surface area contributed by atoms with E-state index in [0.29, 0.717) is 0 Å². The standard InChI is InChI=1S/C15H11N2/c1-2-5-13(6-3-1)8-11-17-12-9-14-7-4-10-16-15(14)17/h1-7,10,12H,9H2/q+1. The van der Waals surface area contributed by atoms with Gasteiger partial charge < -0.3 is 0 Å². The van der Waals surface area contributed by atoms with Crippen molar-refractivity contribution in [1.82, 2.24) is 4.98 Å². The molecule has 3 rings (SSSR count). The van der Waals surface area contributed by atoms with E-state index in [1.54, 1.807) is 6.20 Å². The summed E-state index contributed by atoms with van der Waals surface area (Å²) in [5, 5.41) is 0. The van der Waals surface area contributed by atoms with Gasteiger partial charge in [0.1, 0.15) is 12.2 Å². The maximum Gasteiger partial charge on any atom is 0.339 e. The molecule has 0 spiro atoms. The molecule has 0 saturated carbocycles. The molecule has 1 aromatic heterocycles. The maximum absolute atomic E-state index is 4.35. The minimum absolute atomic E-state index is 0.909. The molecular weight excluding hydrogens is 208 g/mol. The molecule has 2 nitrogen and oxygen atoms in total. The number of fused-ring (bicyclic) bond motifs is 1. The van der Waals surface area contributed by atoms with Crippen LogP contribution in [0.2, 0.25) is 0 Å². The third-order valence-electron chi connectivity index (χ3n) is 2.68. The summed E-state index contributed by atoms with van der Waals surface area (Å²) in [6, 6.07) is 17.1. The summed E-state index contributed by atoms with van der Waals surface area (Å²) in [5.74, 6) is 4.09. The smallest absolute Gasteiger partial charge is 0.153 e. The van der Waals surface area contributed by atoms with Gasteiger partial charge in [-0.25, -0.2) is 0 Å². The molecule has 0 bridgehead atoms. The van der Waals surface area contributed by atoms with E-state index >= 15 is 0 Å². The first-order valence-corrected chi connectivity index (χ1v) is 5.57. The van der Waals surface area contributed by atoms with Gasteiger partial charge in [-0.05, 0) is 35.2 Å². The molecule has 2 aromatic rings. The van der Waals surface area contributed by atoms with Crippen molar-refractivity contribution in [2.24, 2.45) is 0 Å². The monoisotopic (exact) mass is 219 g/mol. The first-order chi connectivity index (χ1) is 8.43. The largest absolute Gasteiger partial charge is 0.339 e. The molecule has 0 fully saturated rings. The molecule has 2 heterocycles. The second-order valence-electron chi connectivity index (χ2n) is 3.85. The van der Waals surface area contributed by atoms with Gasteiger partial charge in [0.15, 0.2) is 0 Å². The molecule has 17 heavy (non-hydrogen) atoms. The van der Waals surface area contributed by atoms with Crippen LogP contribution >= 0.6 is 0 Å². The fourth-order valence-electron chi connectivity index (χ4n) is 1.83. The highest BCUT2D eigenvalue weighted by molar-refractivity contribution is 5.66. The van der Waals surface area contributed by atoms with Crippen LogP contribution in [0.4, 0.5) is 5.82 Å². The first-order valence-electron chi connectivity index (χ1n) is 5.57. The Hall–Kier alpha value is -2.40. The molecule has 0 aliphatic carbocycles. The van der Waals surface area contributed by atoms with Gasteiger partial charge in [-0.2, -0.15) is 4.58 Å². The Kier molecular flexibility index (Phi) is 2.44. The molecule has 1 aliphatic heterocycles. The summed E-state index contributed by atoms with van der Waals surface area (Å²) >= 11 is 0. The Morgan fingerprint density at radius 1 is 1.06 bits per heavy atom. The minimum Gasteiger partial charge on any atom is -0.153 e. The molecule has 0 unspecified atom stereocenters. The zero-order valence-corrected chi connectivity index (χ0v) is 9.30. The second-order valence-corrected chi connectivity index (χ2v) is 3.85. The summed E-state index contributed by atoms with van der Waals surface area (Å²) < 4.78 is 1.91. The number of hydrogen-bond donors (Lipinski definition) is 0. The summed E-state index contributed by atoms with van der Waals surface area (Å²) in [5.41, 5.74) is 2.25. The molecule has 1 aromatic carbocycles. The Balaban J connectivity index is 1.92. The van der Waals surface area contributed by atoms with Crippen molar-refractivity contribution in [1.29, 1.82) is 0 Å². The van der Waals surface area contributed by atoms with Gasteiger partial charge >= 0.3 is 5.82 Å². The number of pyridine rings is 1. The third-order valence-corrected chi connectivity index (χ3v) is 2.68. The van der Waals surface area contributed by atoms with E-state index in [-0.39, 0.29) is 0 Å². The van der Waals surface area contributed by atoms with Gasteiger partial charge in [-0.1, -0.05) is 18.2 Å². The van der Waals surface area contributed by atoms with Crippen LogP contribution in [0.25, 0.3) is 0 Å². The van der Waals surface area contributed by atoms with E-state index in [2.05, 4.69) is 29.2 Å². The van der Waals surface area contributed by atoms with Crippen LogP contribution in [0.3, 0.4) is 0 Å². The zero-order valence-electron chi connectivity index (χ0n) is 9.30. The van der Waals surface area contributed by atoms with Gasteiger partial charge in [0, 0.05) is 12.0 Å². The normalized spacial score (nSPS) is 12.4. The predicted molar refractivity (Wildman–Crippen MR) is 67.2 cm³/mol. The Morgan fingerprint density at radius 2 is 1.94 bits per heavy atom. The quantitative estimate of drug-likeness (QED) is 0.490. The van der Waals surface area contributed by atoms with Crippen molar-refractivity contribution < 1.29 is 4.58 Å². The Labute approximate surface area is 100 Å². The van der Waals surface area contributed by atoms with Crippen LogP contribution < -0.4 is 0 Å². The number of benzene rings is 1. The summed E-state index contributed by atoms with van der Waals surface area (Å²) in [4.78, 5) is 4.35. The number of rotatable bonds is 0. The Bertz CT molecular complexity index is 631. The highest BCUT2D eigenvalue weighted by Gasteiger charge is 2.20. The zero-order chi connectivity index (χ0) is 11.5. The van der Waals surface area contributed by atoms with Crippen LogP contribution in [-0.4, -0.2) is 15.8 Å². The van der Waals surface area contributed by atoms with E-state index in [9.17, 15) is 0 Å². The first kappa shape index (κ1) is 9.80. The van der Waals surface area contributed by atoms with Crippen molar-refractivity contribution in [2.45, 2.75) is 6.42 Å². The van der Waals surface area contributed by atoms with Crippen molar-refractivity contribution in [2.75, 3.05) is 0 Å². The summed E-state index contributed by atoms with van der Waals surface area (Å²) in [7, 11) is 0. The number of hydrogen-bond acceptors (Lipinski definition) is 1. The van der Waals surface area contributed by atoms with E-state index in [0.717, 1.165) is 17.8 Å². The summed E-state index contributed by atoms with van der Waals surface area (Å²) in [6.07, 6.45) is 4.77. The van der Waals surface area contributed by atoms with Crippen molar-refractivity contribution >= 4 is 12.0 Å². The van der Waals surface area contributed by atoms with Crippen molar-refractivity contribution in [3.63, 3.8) is 0 Å². The lowest BCUT2D eigenvalue weighted by molar-refractivity contribution is -0.332. The molecule has 0 amide bonds. The topological polar surface area (TPSA) is 15.9 Å². The molecule has 0 N–H and O–H groups in total. The molecule has 0 atom stereocenters. The van der Waals surface area contributed by atoms with Gasteiger partial charge in [-0.3, -0.25) is 0 Å². The van der Waals surface area contributed by atoms with Crippen LogP contribution in [0.15, 0.2) is 48.7 Å². The fourth-order valence-corrected chi connectivity index (χ4v) is 1.83. The molecule has 80 valence electrons. The molecule has 1 aliphatic rings. The summed E-state index contributed by atoms with van der Waals surface area (Å²) in [6.45, 7) is 0. The molecule has 0 saturated heterocycles. The van der Waals surface area contributed by atoms with Gasteiger partial charge in [0.2, 0.25) is 0 Å². The number of aromatic nitrogens is 1. The highest BCUT2D eigenvalue weighted by atomic mass is 15.1. The lowest BCUT2D eigenvalue weighted by Crippen LogP contribution is -1.95. The van der Waals surface area contributed by atoms with E-state index < -0.39 is 0 Å². The van der Waals surface area contributed by atoms with Crippen molar-refractivity contribution in [3.8, 4) is 12.0 Å². The molecule has 2 heteroatoms. The minimum atomic E-state index is 0.909. The van der Waals surface area contributed by atoms with Gasteiger partial charge in [-0.15, -0.1) is 0 Å². The lowest BCUT2D eigenvalue weighted by atomic mass is 10.2. The van der Waals surface area contributed by atoms with Crippen LogP contribution in [-0.2, 0) is 6.42 Å². The van der Waals surface area contributed by atoms with Crippen molar-refractivity contribution in [3.05, 3.63) is 59.8 Å². The highest BCUT2D eigenvalue weighted by Crippen LogP contribution is 2.18. The molecule has 0 radical (unpaired) electrons. The molecular formula is C15H11N2+. The second kappa shape index (κ2) is 4.23. The van der Waals surface area contributed by atoms with Crippen LogP contribution in [0.1, 0.15) is 11.1 Å². The fraction of sp³-hybridized carbons (Fsp3) is 0.0667. The van der Waals surface area contributed by atoms with Gasteiger partial charge in [0.25, 0.3) is 0 Å². The third kappa shape index (κ3) is 1.95. The van der Waals surface area contributed by atoms with Crippen LogP contribution in [0, 0.1) is 12.0 Å². The average molecular weight is 219 g/mol. The predicted octanol–water partition coefficient (Wildman–Crippen LogP) is 2.36. The average Bonchev–Trinajstić information content (AvgIpc) is 2.81. The van der Waals surface area contributed by atoms with Crippen LogP contribution in [0.5, 0.6) is 0 Å². The van der Waals surface area contributed by atoms with E-state index in [1.165, 1.54) is 5.56 Å². The van der Waals surface area contributed by atoms with Gasteiger partial charge in [0.05, 0.1) is 11.8 Å². The Morgan fingerprint density at radius 3 is 2.82 bits per heavy atom. The lowest BCUT2D eigenvalue weighted by Gasteiger charge is -1.89. The van der Waals surface area contributed by atoms with E-state index in [1.807, 2.05) is 41.0 Å². The SMILES string of the molecule is C(#C[N+]1=CCc2cccnc21)c1ccccc1. The number of nitrogens with zero attached hydrogens (tertiary/aromatic N) is 2. The van der Waals surface area contributed by atoms with E-state index in [4.69, 9.17) is 0 Å².